The van der Waals surface area contributed by atoms with Gasteiger partial charge in [-0.05, 0) is 31.6 Å². The van der Waals surface area contributed by atoms with E-state index in [1.807, 2.05) is 6.07 Å². The van der Waals surface area contributed by atoms with Crippen molar-refractivity contribution < 1.29 is 14.4 Å². The molecule has 2 aliphatic rings. The van der Waals surface area contributed by atoms with Crippen LogP contribution in [0.25, 0.3) is 0 Å². The van der Waals surface area contributed by atoms with Crippen LogP contribution < -0.4 is 5.32 Å². The Morgan fingerprint density at radius 2 is 1.96 bits per heavy atom. The predicted octanol–water partition coefficient (Wildman–Crippen LogP) is 2.62. The van der Waals surface area contributed by atoms with Crippen molar-refractivity contribution in [3.05, 3.63) is 35.9 Å². The summed E-state index contributed by atoms with van der Waals surface area (Å²) in [6.07, 6.45) is 2.94. The molecule has 3 unspecified atom stereocenters. The molecule has 122 valence electrons. The Morgan fingerprint density at radius 3 is 2.57 bits per heavy atom. The maximum atomic E-state index is 12.8. The van der Waals surface area contributed by atoms with E-state index >= 15 is 0 Å². The van der Waals surface area contributed by atoms with Gasteiger partial charge >= 0.3 is 6.03 Å². The van der Waals surface area contributed by atoms with Gasteiger partial charge in [0, 0.05) is 5.56 Å². The third kappa shape index (κ3) is 2.76. The van der Waals surface area contributed by atoms with Crippen molar-refractivity contribution in [1.29, 1.82) is 0 Å². The van der Waals surface area contributed by atoms with Crippen molar-refractivity contribution in [2.75, 3.05) is 6.54 Å². The minimum Gasteiger partial charge on any atom is -0.323 e. The number of hydrogen-bond donors (Lipinski definition) is 1. The molecule has 3 atom stereocenters. The van der Waals surface area contributed by atoms with Gasteiger partial charge in [0.2, 0.25) is 0 Å². The molecular weight excluding hydrogens is 292 g/mol. The highest BCUT2D eigenvalue weighted by Gasteiger charge is 2.53. The molecule has 5 heteroatoms. The Labute approximate surface area is 136 Å². The number of imide groups is 1. The molecule has 0 radical (unpaired) electrons. The summed E-state index contributed by atoms with van der Waals surface area (Å²) < 4.78 is 0. The lowest BCUT2D eigenvalue weighted by molar-refractivity contribution is -0.132. The van der Waals surface area contributed by atoms with E-state index in [9.17, 15) is 14.4 Å². The molecule has 1 aromatic carbocycles. The van der Waals surface area contributed by atoms with Gasteiger partial charge in [0.25, 0.3) is 5.91 Å². The van der Waals surface area contributed by atoms with Gasteiger partial charge in [0.05, 0.1) is 6.54 Å². The fourth-order valence-corrected chi connectivity index (χ4v) is 3.73. The molecule has 23 heavy (non-hydrogen) atoms. The van der Waals surface area contributed by atoms with Crippen LogP contribution in [0.1, 0.15) is 43.5 Å². The third-order valence-electron chi connectivity index (χ3n) is 5.21. The van der Waals surface area contributed by atoms with E-state index in [1.165, 1.54) is 0 Å². The van der Waals surface area contributed by atoms with Crippen molar-refractivity contribution in [1.82, 2.24) is 10.2 Å². The predicted molar refractivity (Wildman–Crippen MR) is 85.9 cm³/mol. The van der Waals surface area contributed by atoms with Crippen LogP contribution in [-0.4, -0.2) is 34.7 Å². The number of carbonyl (C=O) groups is 3. The highest BCUT2D eigenvalue weighted by molar-refractivity contribution is 6.11. The van der Waals surface area contributed by atoms with Gasteiger partial charge in [-0.15, -0.1) is 0 Å². The van der Waals surface area contributed by atoms with Gasteiger partial charge in [-0.25, -0.2) is 4.79 Å². The molecule has 2 fully saturated rings. The average molecular weight is 314 g/mol. The Balaban J connectivity index is 1.75. The molecule has 1 N–H and O–H groups in total. The SMILES string of the molecule is CC1CCC(C2(C)NC(=O)N(CC(=O)c3ccccc3)C2=O)C1. The smallest absolute Gasteiger partial charge is 0.323 e. The quantitative estimate of drug-likeness (QED) is 0.686. The van der Waals surface area contributed by atoms with Gasteiger partial charge < -0.3 is 5.32 Å². The standard InChI is InChI=1S/C18H22N2O3/c1-12-8-9-14(10-12)18(2)16(22)20(17(23)19-18)11-15(21)13-6-4-3-5-7-13/h3-7,12,14H,8-11H2,1-2H3,(H,19,23). The minimum atomic E-state index is -0.876. The lowest BCUT2D eigenvalue weighted by Gasteiger charge is -2.28. The van der Waals surface area contributed by atoms with Gasteiger partial charge in [0.15, 0.2) is 5.78 Å². The number of amides is 3. The second kappa shape index (κ2) is 5.80. The summed E-state index contributed by atoms with van der Waals surface area (Å²) in [7, 11) is 0. The van der Waals surface area contributed by atoms with Crippen molar-refractivity contribution in [2.24, 2.45) is 11.8 Å². The summed E-state index contributed by atoms with van der Waals surface area (Å²) in [5.41, 5.74) is -0.366. The normalized spacial score (nSPS) is 30.6. The molecular formula is C18H22N2O3. The maximum absolute atomic E-state index is 12.8. The number of nitrogens with zero attached hydrogens (tertiary/aromatic N) is 1. The van der Waals surface area contributed by atoms with Crippen LogP contribution in [0.15, 0.2) is 30.3 Å². The largest absolute Gasteiger partial charge is 0.325 e. The Hall–Kier alpha value is -2.17. The molecule has 5 nitrogen and oxygen atoms in total. The second-order valence-electron chi connectivity index (χ2n) is 6.93. The zero-order valence-corrected chi connectivity index (χ0v) is 13.5. The summed E-state index contributed by atoms with van der Waals surface area (Å²) in [6, 6.07) is 8.29. The lowest BCUT2D eigenvalue weighted by Crippen LogP contribution is -2.50. The van der Waals surface area contributed by atoms with E-state index in [2.05, 4.69) is 12.2 Å². The average Bonchev–Trinajstić information content (AvgIpc) is 3.07. The number of hydrogen-bond acceptors (Lipinski definition) is 3. The number of carbonyl (C=O) groups excluding carboxylic acids is 3. The molecule has 1 saturated heterocycles. The molecule has 1 aliphatic heterocycles. The first-order valence-electron chi connectivity index (χ1n) is 8.14. The summed E-state index contributed by atoms with van der Waals surface area (Å²) in [5.74, 6) is 0.219. The molecule has 0 spiro atoms. The van der Waals surface area contributed by atoms with Crippen LogP contribution in [0.2, 0.25) is 0 Å². The lowest BCUT2D eigenvalue weighted by atomic mass is 9.83. The number of nitrogens with one attached hydrogen (secondary N) is 1. The highest BCUT2D eigenvalue weighted by Crippen LogP contribution is 2.40. The van der Waals surface area contributed by atoms with Crippen molar-refractivity contribution in [2.45, 2.75) is 38.6 Å². The third-order valence-corrected chi connectivity index (χ3v) is 5.21. The van der Waals surface area contributed by atoms with E-state index < -0.39 is 11.6 Å². The maximum Gasteiger partial charge on any atom is 0.325 e. The van der Waals surface area contributed by atoms with Crippen LogP contribution in [-0.2, 0) is 4.79 Å². The molecule has 1 saturated carbocycles. The van der Waals surface area contributed by atoms with Crippen LogP contribution in [0.4, 0.5) is 4.79 Å². The number of benzene rings is 1. The summed E-state index contributed by atoms with van der Waals surface area (Å²) >= 11 is 0. The number of Topliss-reactive ketones (excluding diaryl/α,β-unsaturated/α-hetero) is 1. The Morgan fingerprint density at radius 1 is 1.26 bits per heavy atom. The van der Waals surface area contributed by atoms with E-state index in [1.54, 1.807) is 31.2 Å². The van der Waals surface area contributed by atoms with Crippen LogP contribution in [0.3, 0.4) is 0 Å². The molecule has 1 heterocycles. The Kier molecular flexibility index (Phi) is 3.96. The molecule has 1 aromatic rings. The summed E-state index contributed by atoms with van der Waals surface area (Å²) in [5, 5.41) is 2.83. The first-order valence-corrected chi connectivity index (χ1v) is 8.14. The first kappa shape index (κ1) is 15.7. The van der Waals surface area contributed by atoms with Gasteiger partial charge in [-0.2, -0.15) is 0 Å². The molecule has 3 rings (SSSR count). The zero-order chi connectivity index (χ0) is 16.6. The monoisotopic (exact) mass is 314 g/mol. The number of ketones is 1. The summed E-state index contributed by atoms with van der Waals surface area (Å²) in [4.78, 5) is 38.4. The van der Waals surface area contributed by atoms with Crippen LogP contribution in [0, 0.1) is 11.8 Å². The minimum absolute atomic E-state index is 0.144. The molecule has 3 amide bonds. The van der Waals surface area contributed by atoms with E-state index in [0.717, 1.165) is 24.2 Å². The van der Waals surface area contributed by atoms with Crippen molar-refractivity contribution in [3.63, 3.8) is 0 Å². The number of urea groups is 1. The van der Waals surface area contributed by atoms with Gasteiger partial charge in [-0.1, -0.05) is 43.7 Å². The van der Waals surface area contributed by atoms with Crippen molar-refractivity contribution >= 4 is 17.7 Å². The van der Waals surface area contributed by atoms with E-state index in [0.29, 0.717) is 11.5 Å². The van der Waals surface area contributed by atoms with E-state index in [-0.39, 0.29) is 24.2 Å². The van der Waals surface area contributed by atoms with E-state index in [4.69, 9.17) is 0 Å². The fourth-order valence-electron chi connectivity index (χ4n) is 3.73. The topological polar surface area (TPSA) is 66.5 Å². The molecule has 0 bridgehead atoms. The van der Waals surface area contributed by atoms with Crippen molar-refractivity contribution in [3.8, 4) is 0 Å². The Bertz CT molecular complexity index is 643. The fraction of sp³-hybridized carbons (Fsp3) is 0.500. The van der Waals surface area contributed by atoms with Crippen LogP contribution >= 0.6 is 0 Å². The van der Waals surface area contributed by atoms with Gasteiger partial charge in [-0.3, -0.25) is 14.5 Å². The number of rotatable bonds is 4. The van der Waals surface area contributed by atoms with Gasteiger partial charge in [0.1, 0.15) is 5.54 Å². The zero-order valence-electron chi connectivity index (χ0n) is 13.5. The summed E-state index contributed by atoms with van der Waals surface area (Å²) in [6.45, 7) is 3.76. The highest BCUT2D eigenvalue weighted by atomic mass is 16.2. The second-order valence-corrected chi connectivity index (χ2v) is 6.93. The van der Waals surface area contributed by atoms with Crippen LogP contribution in [0.5, 0.6) is 0 Å². The molecule has 0 aromatic heterocycles. The first-order chi connectivity index (χ1) is 10.9. The molecule has 1 aliphatic carbocycles.